The molecule has 0 heterocycles. The summed E-state index contributed by atoms with van der Waals surface area (Å²) < 4.78 is 26.1. The average Bonchev–Trinajstić information content (AvgIpc) is 2.38. The fourth-order valence-electron chi connectivity index (χ4n) is 1.91. The molecule has 0 saturated heterocycles. The van der Waals surface area contributed by atoms with E-state index in [-0.39, 0.29) is 6.61 Å². The SMILES string of the molecule is C=CCCCCCCCCC=CCCCOS(C)(=O)=O. The van der Waals surface area contributed by atoms with E-state index in [1.807, 2.05) is 6.08 Å². The van der Waals surface area contributed by atoms with E-state index >= 15 is 0 Å². The minimum atomic E-state index is -3.27. The minimum absolute atomic E-state index is 0.286. The predicted octanol–water partition coefficient (Wildman–Crippen LogP) is 4.61. The van der Waals surface area contributed by atoms with Crippen LogP contribution in [0.1, 0.15) is 64.2 Å². The van der Waals surface area contributed by atoms with Crippen LogP contribution in [0.25, 0.3) is 0 Å². The lowest BCUT2D eigenvalue weighted by atomic mass is 10.1. The van der Waals surface area contributed by atoms with Crippen molar-refractivity contribution >= 4 is 10.1 Å². The zero-order valence-corrected chi connectivity index (χ0v) is 13.7. The molecule has 0 amide bonds. The first-order valence-electron chi connectivity index (χ1n) is 7.66. The zero-order valence-electron chi connectivity index (χ0n) is 12.9. The van der Waals surface area contributed by atoms with Crippen molar-refractivity contribution in [3.63, 3.8) is 0 Å². The highest BCUT2D eigenvalue weighted by Crippen LogP contribution is 2.09. The van der Waals surface area contributed by atoms with E-state index in [0.29, 0.717) is 0 Å². The second kappa shape index (κ2) is 13.4. The minimum Gasteiger partial charge on any atom is -0.270 e. The average molecular weight is 302 g/mol. The Kier molecular flexibility index (Phi) is 13.0. The number of allylic oxidation sites excluding steroid dienone is 3. The number of hydrogen-bond acceptors (Lipinski definition) is 3. The van der Waals surface area contributed by atoms with Gasteiger partial charge in [-0.05, 0) is 38.5 Å². The van der Waals surface area contributed by atoms with Gasteiger partial charge in [0.15, 0.2) is 0 Å². The monoisotopic (exact) mass is 302 g/mol. The smallest absolute Gasteiger partial charge is 0.264 e. The lowest BCUT2D eigenvalue weighted by Crippen LogP contribution is -2.03. The first-order chi connectivity index (χ1) is 9.56. The molecule has 0 unspecified atom stereocenters. The summed E-state index contributed by atoms with van der Waals surface area (Å²) in [7, 11) is -3.27. The Hall–Kier alpha value is -0.610. The first kappa shape index (κ1) is 19.4. The third-order valence-corrected chi connectivity index (χ3v) is 3.60. The Labute approximate surface area is 125 Å². The zero-order chi connectivity index (χ0) is 15.1. The lowest BCUT2D eigenvalue weighted by molar-refractivity contribution is 0.317. The number of hydrogen-bond donors (Lipinski definition) is 0. The van der Waals surface area contributed by atoms with Gasteiger partial charge in [-0.3, -0.25) is 4.18 Å². The molecule has 3 nitrogen and oxygen atoms in total. The van der Waals surface area contributed by atoms with Gasteiger partial charge in [-0.1, -0.05) is 43.9 Å². The van der Waals surface area contributed by atoms with Crippen LogP contribution in [0.3, 0.4) is 0 Å². The molecule has 4 heteroatoms. The summed E-state index contributed by atoms with van der Waals surface area (Å²) in [5, 5.41) is 0. The standard InChI is InChI=1S/C16H30O3S/c1-3-4-5-6-7-8-9-10-11-12-13-14-15-16-19-20(2,17)18/h3,12-13H,1,4-11,14-16H2,2H3. The van der Waals surface area contributed by atoms with E-state index in [0.717, 1.165) is 31.9 Å². The quantitative estimate of drug-likeness (QED) is 0.267. The Morgan fingerprint density at radius 1 is 0.850 bits per heavy atom. The van der Waals surface area contributed by atoms with Crippen LogP contribution in [0, 0.1) is 0 Å². The fraction of sp³-hybridized carbons (Fsp3) is 0.750. The van der Waals surface area contributed by atoms with Crippen molar-refractivity contribution in [1.29, 1.82) is 0 Å². The van der Waals surface area contributed by atoms with Crippen molar-refractivity contribution in [2.45, 2.75) is 64.2 Å². The Morgan fingerprint density at radius 2 is 1.35 bits per heavy atom. The van der Waals surface area contributed by atoms with Gasteiger partial charge >= 0.3 is 0 Å². The third-order valence-electron chi connectivity index (χ3n) is 3.01. The highest BCUT2D eigenvalue weighted by molar-refractivity contribution is 7.85. The molecule has 0 rings (SSSR count). The lowest BCUT2D eigenvalue weighted by Gasteiger charge is -1.99. The van der Waals surface area contributed by atoms with Crippen LogP contribution in [-0.2, 0) is 14.3 Å². The highest BCUT2D eigenvalue weighted by Gasteiger charge is 1.98. The predicted molar refractivity (Wildman–Crippen MR) is 86.3 cm³/mol. The summed E-state index contributed by atoms with van der Waals surface area (Å²) >= 11 is 0. The van der Waals surface area contributed by atoms with Crippen LogP contribution in [-0.4, -0.2) is 21.3 Å². The second-order valence-corrected chi connectivity index (χ2v) is 6.77. The summed E-state index contributed by atoms with van der Waals surface area (Å²) in [6.07, 6.45) is 19.1. The van der Waals surface area contributed by atoms with Gasteiger partial charge in [0.2, 0.25) is 0 Å². The van der Waals surface area contributed by atoms with Crippen LogP contribution in [0.4, 0.5) is 0 Å². The van der Waals surface area contributed by atoms with Crippen molar-refractivity contribution in [3.05, 3.63) is 24.8 Å². The molecule has 0 aromatic carbocycles. The molecule has 0 spiro atoms. The molecule has 20 heavy (non-hydrogen) atoms. The summed E-state index contributed by atoms with van der Waals surface area (Å²) in [6, 6.07) is 0. The molecule has 0 aliphatic heterocycles. The first-order valence-corrected chi connectivity index (χ1v) is 9.48. The van der Waals surface area contributed by atoms with Gasteiger partial charge in [-0.25, -0.2) is 0 Å². The van der Waals surface area contributed by atoms with Gasteiger partial charge in [0.05, 0.1) is 12.9 Å². The van der Waals surface area contributed by atoms with Gasteiger partial charge in [0.1, 0.15) is 0 Å². The Morgan fingerprint density at radius 3 is 1.90 bits per heavy atom. The molecule has 0 aliphatic rings. The van der Waals surface area contributed by atoms with Crippen LogP contribution in [0.2, 0.25) is 0 Å². The molecular weight excluding hydrogens is 272 g/mol. The molecule has 0 fully saturated rings. The van der Waals surface area contributed by atoms with E-state index in [1.165, 1.54) is 38.5 Å². The van der Waals surface area contributed by atoms with Crippen LogP contribution in [0.5, 0.6) is 0 Å². The van der Waals surface area contributed by atoms with E-state index in [1.54, 1.807) is 0 Å². The number of rotatable bonds is 14. The van der Waals surface area contributed by atoms with Gasteiger partial charge in [0.25, 0.3) is 10.1 Å². The van der Waals surface area contributed by atoms with Crippen molar-refractivity contribution in [3.8, 4) is 0 Å². The molecule has 0 N–H and O–H groups in total. The van der Waals surface area contributed by atoms with Gasteiger partial charge in [-0.15, -0.1) is 6.58 Å². The normalized spacial score (nSPS) is 12.1. The molecular formula is C16H30O3S. The second-order valence-electron chi connectivity index (χ2n) is 5.13. The number of unbranched alkanes of at least 4 members (excludes halogenated alkanes) is 8. The molecule has 0 aromatic rings. The topological polar surface area (TPSA) is 43.4 Å². The maximum absolute atomic E-state index is 10.7. The van der Waals surface area contributed by atoms with Crippen molar-refractivity contribution in [2.75, 3.05) is 12.9 Å². The molecule has 0 atom stereocenters. The molecule has 0 bridgehead atoms. The van der Waals surface area contributed by atoms with Crippen molar-refractivity contribution in [2.24, 2.45) is 0 Å². The van der Waals surface area contributed by atoms with E-state index in [2.05, 4.69) is 22.9 Å². The van der Waals surface area contributed by atoms with Crippen LogP contribution < -0.4 is 0 Å². The van der Waals surface area contributed by atoms with E-state index < -0.39 is 10.1 Å². The Bertz CT molecular complexity index is 345. The summed E-state index contributed by atoms with van der Waals surface area (Å²) in [5.41, 5.74) is 0. The largest absolute Gasteiger partial charge is 0.270 e. The van der Waals surface area contributed by atoms with Crippen molar-refractivity contribution < 1.29 is 12.6 Å². The molecule has 118 valence electrons. The molecule has 0 radical (unpaired) electrons. The van der Waals surface area contributed by atoms with Crippen LogP contribution >= 0.6 is 0 Å². The van der Waals surface area contributed by atoms with Gasteiger partial charge in [0, 0.05) is 0 Å². The third kappa shape index (κ3) is 17.4. The maximum atomic E-state index is 10.7. The van der Waals surface area contributed by atoms with Crippen molar-refractivity contribution in [1.82, 2.24) is 0 Å². The summed E-state index contributed by atoms with van der Waals surface area (Å²) in [5.74, 6) is 0. The van der Waals surface area contributed by atoms with E-state index in [9.17, 15) is 8.42 Å². The highest BCUT2D eigenvalue weighted by atomic mass is 32.2. The molecule has 0 aliphatic carbocycles. The Balaban J connectivity index is 3.18. The van der Waals surface area contributed by atoms with Crippen LogP contribution in [0.15, 0.2) is 24.8 Å². The van der Waals surface area contributed by atoms with Gasteiger partial charge in [-0.2, -0.15) is 8.42 Å². The summed E-state index contributed by atoms with van der Waals surface area (Å²) in [6.45, 7) is 4.01. The van der Waals surface area contributed by atoms with E-state index in [4.69, 9.17) is 0 Å². The fourth-order valence-corrected chi connectivity index (χ4v) is 2.33. The summed E-state index contributed by atoms with van der Waals surface area (Å²) in [4.78, 5) is 0. The molecule has 0 saturated carbocycles. The molecule has 0 aromatic heterocycles. The van der Waals surface area contributed by atoms with Gasteiger partial charge < -0.3 is 0 Å². The maximum Gasteiger partial charge on any atom is 0.264 e.